The van der Waals surface area contributed by atoms with E-state index in [1.165, 1.54) is 25.0 Å². The lowest BCUT2D eigenvalue weighted by molar-refractivity contribution is 0.300. The van der Waals surface area contributed by atoms with Gasteiger partial charge in [-0.15, -0.1) is 0 Å². The number of hydrogen-bond acceptors (Lipinski definition) is 4. The molecular formula is C16H13FN2O2. The smallest absolute Gasteiger partial charge is 0.135 e. The first-order valence-electron chi connectivity index (χ1n) is 6.94. The molecule has 0 amide bonds. The first kappa shape index (κ1) is 12.3. The van der Waals surface area contributed by atoms with Crippen LogP contribution in [0.3, 0.4) is 0 Å². The van der Waals surface area contributed by atoms with E-state index in [1.54, 1.807) is 12.1 Å². The van der Waals surface area contributed by atoms with E-state index in [4.69, 9.17) is 9.37 Å². The molecule has 0 saturated heterocycles. The summed E-state index contributed by atoms with van der Waals surface area (Å²) in [5.74, 6) is 1.05. The average molecular weight is 284 g/mol. The predicted molar refractivity (Wildman–Crippen MR) is 75.4 cm³/mol. The highest BCUT2D eigenvalue weighted by Gasteiger charge is 2.22. The Bertz CT molecular complexity index is 796. The van der Waals surface area contributed by atoms with E-state index in [0.717, 1.165) is 11.1 Å². The Morgan fingerprint density at radius 1 is 1.10 bits per heavy atom. The molecule has 1 saturated carbocycles. The maximum absolute atomic E-state index is 13.6. The molecule has 2 aromatic carbocycles. The Balaban J connectivity index is 1.75. The lowest BCUT2D eigenvalue weighted by Crippen LogP contribution is -2.00. The standard InChI is InChI=1S/C16H13FN2O2/c17-12-4-6-16(20-9-10-1-2-10)13(8-12)11-3-5-14-15(7-11)19-21-18-14/h3-8,10H,1-2,9H2. The van der Waals surface area contributed by atoms with Crippen molar-refractivity contribution < 1.29 is 13.8 Å². The fraction of sp³-hybridized carbons (Fsp3) is 0.250. The van der Waals surface area contributed by atoms with Crippen LogP contribution in [0.2, 0.25) is 0 Å². The van der Waals surface area contributed by atoms with Crippen molar-refractivity contribution in [1.82, 2.24) is 10.3 Å². The summed E-state index contributed by atoms with van der Waals surface area (Å²) in [5.41, 5.74) is 2.88. The lowest BCUT2D eigenvalue weighted by atomic mass is 10.0. The molecular weight excluding hydrogens is 271 g/mol. The second kappa shape index (κ2) is 4.84. The molecule has 1 aliphatic rings. The van der Waals surface area contributed by atoms with Crippen LogP contribution in [0, 0.1) is 11.7 Å². The van der Waals surface area contributed by atoms with Crippen LogP contribution in [-0.4, -0.2) is 16.9 Å². The van der Waals surface area contributed by atoms with Crippen LogP contribution in [0.15, 0.2) is 41.0 Å². The SMILES string of the molecule is Fc1ccc(OCC2CC2)c(-c2ccc3nonc3c2)c1. The molecule has 0 radical (unpaired) electrons. The molecule has 4 nitrogen and oxygen atoms in total. The molecule has 0 atom stereocenters. The lowest BCUT2D eigenvalue weighted by Gasteiger charge is -2.11. The minimum atomic E-state index is -0.290. The maximum Gasteiger partial charge on any atom is 0.135 e. The first-order chi connectivity index (χ1) is 10.3. The summed E-state index contributed by atoms with van der Waals surface area (Å²) in [5, 5.41) is 7.59. The van der Waals surface area contributed by atoms with E-state index >= 15 is 0 Å². The maximum atomic E-state index is 13.6. The molecule has 1 fully saturated rings. The highest BCUT2D eigenvalue weighted by atomic mass is 19.1. The molecule has 0 aliphatic heterocycles. The molecule has 1 aromatic heterocycles. The van der Waals surface area contributed by atoms with Crippen LogP contribution in [0.1, 0.15) is 12.8 Å². The second-order valence-corrected chi connectivity index (χ2v) is 5.36. The number of fused-ring (bicyclic) bond motifs is 1. The van der Waals surface area contributed by atoms with Gasteiger partial charge in [0, 0.05) is 5.56 Å². The molecule has 21 heavy (non-hydrogen) atoms. The average Bonchev–Trinajstić information content (AvgIpc) is 3.21. The van der Waals surface area contributed by atoms with Gasteiger partial charge in [-0.2, -0.15) is 0 Å². The van der Waals surface area contributed by atoms with Crippen molar-refractivity contribution in [3.63, 3.8) is 0 Å². The highest BCUT2D eigenvalue weighted by molar-refractivity contribution is 5.82. The largest absolute Gasteiger partial charge is 0.493 e. The number of rotatable bonds is 4. The number of benzene rings is 2. The van der Waals surface area contributed by atoms with E-state index in [-0.39, 0.29) is 5.82 Å². The van der Waals surface area contributed by atoms with Crippen LogP contribution in [0.4, 0.5) is 4.39 Å². The monoisotopic (exact) mass is 284 g/mol. The Morgan fingerprint density at radius 3 is 2.81 bits per heavy atom. The van der Waals surface area contributed by atoms with Gasteiger partial charge in [0.1, 0.15) is 22.6 Å². The molecule has 4 rings (SSSR count). The summed E-state index contributed by atoms with van der Waals surface area (Å²) >= 11 is 0. The number of halogens is 1. The predicted octanol–water partition coefficient (Wildman–Crippen LogP) is 3.82. The number of hydrogen-bond donors (Lipinski definition) is 0. The number of nitrogens with zero attached hydrogens (tertiary/aromatic N) is 2. The van der Waals surface area contributed by atoms with E-state index in [9.17, 15) is 4.39 Å². The molecule has 0 spiro atoms. The van der Waals surface area contributed by atoms with Crippen LogP contribution in [-0.2, 0) is 0 Å². The normalized spacial score (nSPS) is 14.5. The van der Waals surface area contributed by atoms with Crippen molar-refractivity contribution in [3.05, 3.63) is 42.2 Å². The Morgan fingerprint density at radius 2 is 1.95 bits per heavy atom. The van der Waals surface area contributed by atoms with E-state index < -0.39 is 0 Å². The quantitative estimate of drug-likeness (QED) is 0.730. The van der Waals surface area contributed by atoms with Gasteiger partial charge >= 0.3 is 0 Å². The Labute approximate surface area is 120 Å². The van der Waals surface area contributed by atoms with Gasteiger partial charge in [-0.25, -0.2) is 9.02 Å². The fourth-order valence-corrected chi connectivity index (χ4v) is 2.30. The van der Waals surface area contributed by atoms with Gasteiger partial charge in [-0.05, 0) is 65.0 Å². The zero-order valence-corrected chi connectivity index (χ0v) is 11.3. The minimum Gasteiger partial charge on any atom is -0.493 e. The van der Waals surface area contributed by atoms with Crippen LogP contribution < -0.4 is 4.74 Å². The molecule has 0 unspecified atom stereocenters. The van der Waals surface area contributed by atoms with Crippen molar-refractivity contribution in [3.8, 4) is 16.9 Å². The highest BCUT2D eigenvalue weighted by Crippen LogP contribution is 2.35. The molecule has 0 bridgehead atoms. The van der Waals surface area contributed by atoms with Gasteiger partial charge in [0.2, 0.25) is 0 Å². The second-order valence-electron chi connectivity index (χ2n) is 5.36. The van der Waals surface area contributed by atoms with E-state index in [0.29, 0.717) is 29.3 Å². The van der Waals surface area contributed by atoms with Crippen molar-refractivity contribution in [2.45, 2.75) is 12.8 Å². The van der Waals surface area contributed by atoms with E-state index in [1.807, 2.05) is 12.1 Å². The van der Waals surface area contributed by atoms with Gasteiger partial charge < -0.3 is 4.74 Å². The van der Waals surface area contributed by atoms with Crippen LogP contribution in [0.5, 0.6) is 5.75 Å². The summed E-state index contributed by atoms with van der Waals surface area (Å²) in [6.45, 7) is 0.687. The van der Waals surface area contributed by atoms with Gasteiger partial charge in [-0.1, -0.05) is 6.07 Å². The summed E-state index contributed by atoms with van der Waals surface area (Å²) in [6, 6.07) is 10.1. The summed E-state index contributed by atoms with van der Waals surface area (Å²) in [7, 11) is 0. The van der Waals surface area contributed by atoms with Crippen molar-refractivity contribution in [2.24, 2.45) is 5.92 Å². The third-order valence-corrected chi connectivity index (χ3v) is 3.68. The first-order valence-corrected chi connectivity index (χ1v) is 6.94. The van der Waals surface area contributed by atoms with Crippen molar-refractivity contribution in [1.29, 1.82) is 0 Å². The Kier molecular flexibility index (Phi) is 2.84. The minimum absolute atomic E-state index is 0.290. The van der Waals surface area contributed by atoms with Crippen LogP contribution >= 0.6 is 0 Å². The third-order valence-electron chi connectivity index (χ3n) is 3.68. The van der Waals surface area contributed by atoms with Gasteiger partial charge in [-0.3, -0.25) is 0 Å². The Hall–Kier alpha value is -2.43. The molecule has 1 heterocycles. The zero-order chi connectivity index (χ0) is 14.2. The van der Waals surface area contributed by atoms with Gasteiger partial charge in [0.05, 0.1) is 6.61 Å². The third kappa shape index (κ3) is 2.46. The topological polar surface area (TPSA) is 48.2 Å². The van der Waals surface area contributed by atoms with Crippen molar-refractivity contribution in [2.75, 3.05) is 6.61 Å². The molecule has 3 aromatic rings. The van der Waals surface area contributed by atoms with Crippen LogP contribution in [0.25, 0.3) is 22.2 Å². The summed E-state index contributed by atoms with van der Waals surface area (Å²) < 4.78 is 24.1. The van der Waals surface area contributed by atoms with Gasteiger partial charge in [0.15, 0.2) is 0 Å². The summed E-state index contributed by atoms with van der Waals surface area (Å²) in [4.78, 5) is 0. The molecule has 5 heteroatoms. The molecule has 0 N–H and O–H groups in total. The fourth-order valence-electron chi connectivity index (χ4n) is 2.30. The number of aromatic nitrogens is 2. The zero-order valence-electron chi connectivity index (χ0n) is 11.3. The number of ether oxygens (including phenoxy) is 1. The molecule has 1 aliphatic carbocycles. The summed E-state index contributed by atoms with van der Waals surface area (Å²) in [6.07, 6.45) is 2.43. The van der Waals surface area contributed by atoms with Gasteiger partial charge in [0.25, 0.3) is 0 Å². The van der Waals surface area contributed by atoms with Crippen molar-refractivity contribution >= 4 is 11.0 Å². The van der Waals surface area contributed by atoms with E-state index in [2.05, 4.69) is 10.3 Å². The molecule has 106 valence electrons.